The number of nitriles is 1. The van der Waals surface area contributed by atoms with Gasteiger partial charge in [0.2, 0.25) is 5.95 Å². The third kappa shape index (κ3) is 5.28. The molecule has 2 fully saturated rings. The Morgan fingerprint density at radius 2 is 2.03 bits per heavy atom. The van der Waals surface area contributed by atoms with Crippen LogP contribution < -0.4 is 16.4 Å². The molecule has 2 unspecified atom stereocenters. The number of nitrogens with two attached hydrogens (primary N) is 1. The molecule has 31 heavy (non-hydrogen) atoms. The second-order valence-corrected chi connectivity index (χ2v) is 9.82. The van der Waals surface area contributed by atoms with E-state index >= 15 is 0 Å². The third-order valence-electron chi connectivity index (χ3n) is 6.55. The Labute approximate surface area is 188 Å². The zero-order chi connectivity index (χ0) is 21.6. The summed E-state index contributed by atoms with van der Waals surface area (Å²) in [6, 6.07) is 6.58. The van der Waals surface area contributed by atoms with Gasteiger partial charge in [-0.3, -0.25) is 0 Å². The smallest absolute Gasteiger partial charge is 0.224 e. The maximum Gasteiger partial charge on any atom is 0.224 e. The summed E-state index contributed by atoms with van der Waals surface area (Å²) in [5, 5.41) is 17.2. The van der Waals surface area contributed by atoms with Gasteiger partial charge >= 0.3 is 0 Å². The number of fused-ring (bicyclic) bond motifs is 2. The van der Waals surface area contributed by atoms with E-state index in [9.17, 15) is 5.26 Å². The van der Waals surface area contributed by atoms with Crippen molar-refractivity contribution in [1.29, 1.82) is 5.26 Å². The zero-order valence-corrected chi connectivity index (χ0v) is 18.9. The third-order valence-corrected chi connectivity index (χ3v) is 7.48. The summed E-state index contributed by atoms with van der Waals surface area (Å²) in [6.45, 7) is 3.53. The molecule has 0 aromatic carbocycles. The molecule has 4 N–H and O–H groups in total. The van der Waals surface area contributed by atoms with Gasteiger partial charge in [0.1, 0.15) is 22.5 Å². The minimum Gasteiger partial charge on any atom is -0.369 e. The highest BCUT2D eigenvalue weighted by Crippen LogP contribution is 2.41. The lowest BCUT2D eigenvalue weighted by molar-refractivity contribution is 0.112. The second-order valence-electron chi connectivity index (χ2n) is 8.57. The van der Waals surface area contributed by atoms with E-state index in [1.54, 1.807) is 18.0 Å². The number of rotatable bonds is 8. The molecule has 164 valence electrons. The minimum absolute atomic E-state index is 0.373. The first-order valence-corrected chi connectivity index (χ1v) is 12.2. The van der Waals surface area contributed by atoms with Crippen molar-refractivity contribution in [2.45, 2.75) is 56.6 Å². The molecule has 4 rings (SSSR count). The van der Waals surface area contributed by atoms with Gasteiger partial charge < -0.3 is 16.4 Å². The maximum atomic E-state index is 9.50. The molecule has 0 aliphatic heterocycles. The molecule has 2 bridgehead atoms. The summed E-state index contributed by atoms with van der Waals surface area (Å²) < 4.78 is 0. The van der Waals surface area contributed by atoms with Crippen molar-refractivity contribution < 1.29 is 0 Å². The van der Waals surface area contributed by atoms with E-state index < -0.39 is 0 Å². The van der Waals surface area contributed by atoms with Crippen LogP contribution in [-0.2, 0) is 6.54 Å². The maximum absolute atomic E-state index is 9.50. The van der Waals surface area contributed by atoms with Crippen LogP contribution in [0.1, 0.15) is 50.2 Å². The first-order valence-electron chi connectivity index (χ1n) is 11.2. The molecule has 2 aliphatic rings. The molecule has 0 amide bonds. The molecule has 7 nitrogen and oxygen atoms in total. The highest BCUT2D eigenvalue weighted by Gasteiger charge is 2.37. The Morgan fingerprint density at radius 3 is 2.77 bits per heavy atom. The standard InChI is InChI=1S/C23H31N7S/c1-2-31-22-18(7-4-8-26-22)13-28-23-29-14-19(11-24)21(30-23)27-12-15-9-16-5-3-6-17(10-15)20(16)25/h4,7-8,14-17,20H,2-3,5-6,9-10,12-13,25H2,1H3,(H2,27,28,29,30)/t15?,16-,17+,20?. The fraction of sp³-hybridized carbons (Fsp3) is 0.565. The summed E-state index contributed by atoms with van der Waals surface area (Å²) in [4.78, 5) is 13.4. The zero-order valence-electron chi connectivity index (χ0n) is 18.1. The van der Waals surface area contributed by atoms with E-state index in [1.165, 1.54) is 32.1 Å². The number of pyridine rings is 1. The van der Waals surface area contributed by atoms with Crippen molar-refractivity contribution >= 4 is 23.5 Å². The van der Waals surface area contributed by atoms with Crippen molar-refractivity contribution in [3.05, 3.63) is 35.7 Å². The molecule has 2 saturated carbocycles. The molecule has 0 spiro atoms. The first-order chi connectivity index (χ1) is 15.2. The molecule has 2 aromatic heterocycles. The van der Waals surface area contributed by atoms with Crippen molar-refractivity contribution in [2.75, 3.05) is 22.9 Å². The Bertz CT molecular complexity index is 914. The molecular weight excluding hydrogens is 406 g/mol. The van der Waals surface area contributed by atoms with Gasteiger partial charge in [-0.1, -0.05) is 19.4 Å². The number of nitrogens with zero attached hydrogens (tertiary/aromatic N) is 4. The SMILES string of the molecule is CCSc1ncccc1CNc1ncc(C#N)c(NCC2C[C@H]3CCC[C@@H](C2)C3N)n1. The van der Waals surface area contributed by atoms with E-state index in [2.05, 4.69) is 44.6 Å². The van der Waals surface area contributed by atoms with Gasteiger partial charge in [-0.25, -0.2) is 9.97 Å². The monoisotopic (exact) mass is 437 g/mol. The van der Waals surface area contributed by atoms with Gasteiger partial charge in [0.25, 0.3) is 0 Å². The average molecular weight is 438 g/mol. The van der Waals surface area contributed by atoms with Gasteiger partial charge in [0.05, 0.1) is 6.20 Å². The summed E-state index contributed by atoms with van der Waals surface area (Å²) in [7, 11) is 0. The van der Waals surface area contributed by atoms with Gasteiger partial charge in [0.15, 0.2) is 0 Å². The lowest BCUT2D eigenvalue weighted by atomic mass is 9.65. The van der Waals surface area contributed by atoms with Crippen molar-refractivity contribution in [3.63, 3.8) is 0 Å². The van der Waals surface area contributed by atoms with Gasteiger partial charge in [-0.2, -0.15) is 10.2 Å². The topological polar surface area (TPSA) is 113 Å². The number of anilines is 2. The molecule has 2 heterocycles. The predicted molar refractivity (Wildman–Crippen MR) is 125 cm³/mol. The van der Waals surface area contributed by atoms with Gasteiger partial charge in [0, 0.05) is 30.9 Å². The molecule has 0 radical (unpaired) electrons. The minimum atomic E-state index is 0.373. The normalized spacial score (nSPS) is 24.9. The van der Waals surface area contributed by atoms with Gasteiger partial charge in [-0.15, -0.1) is 11.8 Å². The largest absolute Gasteiger partial charge is 0.369 e. The summed E-state index contributed by atoms with van der Waals surface area (Å²) >= 11 is 1.72. The summed E-state index contributed by atoms with van der Waals surface area (Å²) in [6.07, 6.45) is 9.57. The van der Waals surface area contributed by atoms with Crippen LogP contribution in [0.25, 0.3) is 0 Å². The molecule has 8 heteroatoms. The number of aromatic nitrogens is 3. The van der Waals surface area contributed by atoms with Gasteiger partial charge in [-0.05, 0) is 55.3 Å². The van der Waals surface area contributed by atoms with Crippen molar-refractivity contribution in [1.82, 2.24) is 15.0 Å². The Kier molecular flexibility index (Phi) is 7.25. The molecular formula is C23H31N7S. The fourth-order valence-corrected chi connectivity index (χ4v) is 5.74. The van der Waals surface area contributed by atoms with Crippen LogP contribution in [-0.4, -0.2) is 33.3 Å². The number of hydrogen-bond acceptors (Lipinski definition) is 8. The van der Waals surface area contributed by atoms with E-state index in [0.717, 1.165) is 22.9 Å². The predicted octanol–water partition coefficient (Wildman–Crippen LogP) is 4.03. The van der Waals surface area contributed by atoms with E-state index in [4.69, 9.17) is 5.73 Å². The van der Waals surface area contributed by atoms with E-state index in [0.29, 0.717) is 47.7 Å². The quantitative estimate of drug-likeness (QED) is 0.531. The van der Waals surface area contributed by atoms with E-state index in [-0.39, 0.29) is 0 Å². The van der Waals surface area contributed by atoms with E-state index in [1.807, 2.05) is 12.3 Å². The molecule has 2 aromatic rings. The number of hydrogen-bond donors (Lipinski definition) is 3. The molecule has 0 saturated heterocycles. The Hall–Kier alpha value is -2.37. The van der Waals surface area contributed by atoms with Crippen LogP contribution in [0.5, 0.6) is 0 Å². The number of nitrogens with one attached hydrogen (secondary N) is 2. The van der Waals surface area contributed by atoms with Crippen LogP contribution in [0, 0.1) is 29.1 Å². The summed E-state index contributed by atoms with van der Waals surface area (Å²) in [5.41, 5.74) is 8.02. The molecule has 2 aliphatic carbocycles. The van der Waals surface area contributed by atoms with Crippen LogP contribution in [0.15, 0.2) is 29.6 Å². The van der Waals surface area contributed by atoms with Crippen LogP contribution in [0.2, 0.25) is 0 Å². The fourth-order valence-electron chi connectivity index (χ4n) is 5.01. The van der Waals surface area contributed by atoms with Crippen molar-refractivity contribution in [2.24, 2.45) is 23.5 Å². The average Bonchev–Trinajstić information content (AvgIpc) is 2.77. The highest BCUT2D eigenvalue weighted by molar-refractivity contribution is 7.99. The Morgan fingerprint density at radius 1 is 1.23 bits per heavy atom. The van der Waals surface area contributed by atoms with Crippen LogP contribution in [0.4, 0.5) is 11.8 Å². The van der Waals surface area contributed by atoms with Crippen LogP contribution in [0.3, 0.4) is 0 Å². The van der Waals surface area contributed by atoms with Crippen LogP contribution >= 0.6 is 11.8 Å². The summed E-state index contributed by atoms with van der Waals surface area (Å²) in [5.74, 6) is 3.96. The van der Waals surface area contributed by atoms with Crippen molar-refractivity contribution in [3.8, 4) is 6.07 Å². The Balaban J connectivity index is 1.39. The lowest BCUT2D eigenvalue weighted by Gasteiger charge is -2.44. The molecule has 4 atom stereocenters. The first kappa shape index (κ1) is 21.8. The number of thioether (sulfide) groups is 1. The lowest BCUT2D eigenvalue weighted by Crippen LogP contribution is -2.47. The highest BCUT2D eigenvalue weighted by atomic mass is 32.2. The second kappa shape index (κ2) is 10.3.